The number of hydrogen-bond acceptors (Lipinski definition) is 0. The van der Waals surface area contributed by atoms with Crippen LogP contribution >= 0.6 is 0 Å². The summed E-state index contributed by atoms with van der Waals surface area (Å²) in [6.45, 7) is 8.60. The van der Waals surface area contributed by atoms with Gasteiger partial charge in [0.25, 0.3) is 0 Å². The first-order chi connectivity index (χ1) is 18.1. The molecule has 0 nitrogen and oxygen atoms in total. The minimum Gasteiger partial charge on any atom is -0.165 e. The Bertz CT molecular complexity index is 1360. The van der Waals surface area contributed by atoms with Crippen molar-refractivity contribution in [1.29, 1.82) is 0 Å². The molecule has 0 amide bonds. The summed E-state index contributed by atoms with van der Waals surface area (Å²) >= 11 is 0. The Hall–Kier alpha value is -3.06. The van der Waals surface area contributed by atoms with E-state index < -0.39 is 0 Å². The fourth-order valence-corrected chi connectivity index (χ4v) is 4.45. The second kappa shape index (κ2) is 14.8. The van der Waals surface area contributed by atoms with E-state index in [-0.39, 0.29) is 26.2 Å². The largest absolute Gasteiger partial charge is 2.00 e. The summed E-state index contributed by atoms with van der Waals surface area (Å²) < 4.78 is 0. The smallest absolute Gasteiger partial charge is 0.165 e. The van der Waals surface area contributed by atoms with Gasteiger partial charge in [-0.2, -0.15) is 23.3 Å². The third-order valence-electron chi connectivity index (χ3n) is 5.99. The predicted octanol–water partition coefficient (Wildman–Crippen LogP) is 9.65. The van der Waals surface area contributed by atoms with E-state index in [0.29, 0.717) is 0 Å². The zero-order valence-corrected chi connectivity index (χ0v) is 26.2. The van der Waals surface area contributed by atoms with Gasteiger partial charge in [-0.3, -0.25) is 0 Å². The molecule has 0 saturated heterocycles. The van der Waals surface area contributed by atoms with Gasteiger partial charge in [0.05, 0.1) is 0 Å². The average Bonchev–Trinajstić information content (AvgIpc) is 3.32. The Morgan fingerprint density at radius 1 is 0.447 bits per heavy atom. The number of aryl methyl sites for hydroxylation is 2. The Morgan fingerprint density at radius 2 is 0.763 bits per heavy atom. The van der Waals surface area contributed by atoms with Gasteiger partial charge in [0.15, 0.2) is 0 Å². The van der Waals surface area contributed by atoms with Crippen LogP contribution in [0, 0.1) is 26.0 Å². The van der Waals surface area contributed by atoms with Gasteiger partial charge in [0.2, 0.25) is 0 Å². The molecule has 2 aromatic rings. The summed E-state index contributed by atoms with van der Waals surface area (Å²) in [5.74, 6) is 0. The molecule has 0 atom stereocenters. The minimum atomic E-state index is 0. The summed E-state index contributed by atoms with van der Waals surface area (Å²) in [5, 5.41) is 0. The van der Waals surface area contributed by atoms with Crippen molar-refractivity contribution in [3.05, 3.63) is 145 Å². The van der Waals surface area contributed by atoms with Crippen LogP contribution in [0.5, 0.6) is 0 Å². The standard InChI is InChI=1S/2C17H13.C2H7Si.Zr/c2*1-13-11-15-9-5-6-10-16(17(15)12-13)14-7-3-2-4-8-14;1-3-2;/h2*2-10,12H,1H3;3H,1-2H3;/q2*-1;;+2. The Morgan fingerprint density at radius 3 is 1.13 bits per heavy atom. The van der Waals surface area contributed by atoms with E-state index >= 15 is 0 Å². The molecule has 0 aromatic heterocycles. The quantitative estimate of drug-likeness (QED) is 0.140. The molecule has 0 bridgehead atoms. The maximum atomic E-state index is 3.39. The summed E-state index contributed by atoms with van der Waals surface area (Å²) in [6.07, 6.45) is 0. The number of hydrogen-bond donors (Lipinski definition) is 0. The van der Waals surface area contributed by atoms with Gasteiger partial charge in [-0.15, -0.1) is 58.7 Å². The van der Waals surface area contributed by atoms with Crippen LogP contribution in [-0.4, -0.2) is 9.52 Å². The third-order valence-corrected chi connectivity index (χ3v) is 5.99. The van der Waals surface area contributed by atoms with Crippen LogP contribution in [0.4, 0.5) is 0 Å². The SMILES string of the molecule is C[SiH]C.Cc1[c-]c2ccccc(-c3ccccc3)c-2c1.Cc1[c-]c2ccccc(-c3ccccc3)c-2c1.[Zr+2]. The van der Waals surface area contributed by atoms with Gasteiger partial charge in [0, 0.05) is 9.52 Å². The zero-order chi connectivity index (χ0) is 26.0. The van der Waals surface area contributed by atoms with Crippen molar-refractivity contribution in [2.75, 3.05) is 0 Å². The molecular formula is C36H33SiZr. The van der Waals surface area contributed by atoms with E-state index in [2.05, 4.69) is 148 Å². The zero-order valence-electron chi connectivity index (χ0n) is 22.6. The van der Waals surface area contributed by atoms with Crippen molar-refractivity contribution < 1.29 is 26.2 Å². The van der Waals surface area contributed by atoms with Crippen LogP contribution in [0.15, 0.2) is 121 Å². The van der Waals surface area contributed by atoms with E-state index in [1.807, 2.05) is 12.1 Å². The number of rotatable bonds is 2. The number of benzene rings is 2. The molecule has 38 heavy (non-hydrogen) atoms. The van der Waals surface area contributed by atoms with E-state index in [0.717, 1.165) is 9.52 Å². The second-order valence-electron chi connectivity index (χ2n) is 9.13. The molecule has 0 saturated carbocycles. The van der Waals surface area contributed by atoms with Gasteiger partial charge in [-0.25, -0.2) is 0 Å². The first-order valence-corrected chi connectivity index (χ1v) is 15.1. The van der Waals surface area contributed by atoms with E-state index in [1.165, 1.54) is 55.6 Å². The van der Waals surface area contributed by atoms with E-state index in [1.54, 1.807) is 0 Å². The number of fused-ring (bicyclic) bond motifs is 2. The molecule has 0 unspecified atom stereocenters. The van der Waals surface area contributed by atoms with Crippen molar-refractivity contribution in [2.24, 2.45) is 0 Å². The van der Waals surface area contributed by atoms with Gasteiger partial charge in [-0.1, -0.05) is 123 Å². The van der Waals surface area contributed by atoms with Crippen LogP contribution in [0.1, 0.15) is 11.1 Å². The molecule has 2 heteroatoms. The molecule has 0 heterocycles. The Kier molecular flexibility index (Phi) is 11.5. The topological polar surface area (TPSA) is 0 Å². The molecule has 1 radical (unpaired) electrons. The van der Waals surface area contributed by atoms with Crippen molar-refractivity contribution in [1.82, 2.24) is 0 Å². The molecule has 185 valence electrons. The first-order valence-electron chi connectivity index (χ1n) is 12.8. The molecule has 2 aromatic carbocycles. The van der Waals surface area contributed by atoms with Crippen molar-refractivity contribution in [2.45, 2.75) is 26.9 Å². The maximum absolute atomic E-state index is 3.39. The van der Waals surface area contributed by atoms with Crippen LogP contribution in [0.3, 0.4) is 0 Å². The van der Waals surface area contributed by atoms with Crippen LogP contribution in [0.25, 0.3) is 44.5 Å². The Balaban J connectivity index is 0.000000187. The molecule has 6 rings (SSSR count). The average molecular weight is 585 g/mol. The van der Waals surface area contributed by atoms with Crippen molar-refractivity contribution in [3.63, 3.8) is 0 Å². The van der Waals surface area contributed by atoms with Crippen LogP contribution < -0.4 is 0 Å². The molecule has 4 aliphatic carbocycles. The fraction of sp³-hybridized carbons (Fsp3) is 0.111. The van der Waals surface area contributed by atoms with E-state index in [4.69, 9.17) is 0 Å². The molecule has 0 spiro atoms. The molecular weight excluding hydrogens is 552 g/mol. The molecule has 0 N–H and O–H groups in total. The maximum Gasteiger partial charge on any atom is 2.00 e. The fourth-order valence-electron chi connectivity index (χ4n) is 4.45. The third kappa shape index (κ3) is 7.50. The summed E-state index contributed by atoms with van der Waals surface area (Å²) in [5.41, 5.74) is 12.4. The normalized spacial score (nSPS) is 10.0. The molecule has 0 aliphatic heterocycles. The minimum absolute atomic E-state index is 0. The van der Waals surface area contributed by atoms with Gasteiger partial charge >= 0.3 is 26.2 Å². The van der Waals surface area contributed by atoms with Crippen LogP contribution in [0.2, 0.25) is 13.1 Å². The predicted molar refractivity (Wildman–Crippen MR) is 163 cm³/mol. The summed E-state index contributed by atoms with van der Waals surface area (Å²) in [6, 6.07) is 49.1. The molecule has 4 aliphatic rings. The van der Waals surface area contributed by atoms with Crippen molar-refractivity contribution in [3.8, 4) is 44.5 Å². The second-order valence-corrected chi connectivity index (χ2v) is 10.3. The summed E-state index contributed by atoms with van der Waals surface area (Å²) in [7, 11) is 0.750. The first kappa shape index (κ1) is 29.5. The van der Waals surface area contributed by atoms with Crippen molar-refractivity contribution >= 4 is 9.52 Å². The van der Waals surface area contributed by atoms with Gasteiger partial charge in [-0.05, 0) is 11.1 Å². The monoisotopic (exact) mass is 583 g/mol. The van der Waals surface area contributed by atoms with Gasteiger partial charge in [0.1, 0.15) is 0 Å². The molecule has 0 fully saturated rings. The van der Waals surface area contributed by atoms with Gasteiger partial charge < -0.3 is 0 Å². The Labute approximate surface area is 250 Å². The van der Waals surface area contributed by atoms with Crippen LogP contribution in [-0.2, 0) is 26.2 Å². The van der Waals surface area contributed by atoms with E-state index in [9.17, 15) is 0 Å². The summed E-state index contributed by atoms with van der Waals surface area (Å²) in [4.78, 5) is 0.